The van der Waals surface area contributed by atoms with Gasteiger partial charge < -0.3 is 10.1 Å². The van der Waals surface area contributed by atoms with Crippen LogP contribution in [0.1, 0.15) is 59.1 Å². The largest absolute Gasteiger partial charge is 0.488 e. The van der Waals surface area contributed by atoms with Crippen molar-refractivity contribution in [1.29, 1.82) is 0 Å². The number of hydrogen-bond donors (Lipinski definition) is 1. The minimum atomic E-state index is -0.295. The van der Waals surface area contributed by atoms with Crippen molar-refractivity contribution in [3.8, 4) is 5.75 Å². The van der Waals surface area contributed by atoms with Crippen molar-refractivity contribution in [3.05, 3.63) is 110 Å². The number of anilines is 1. The summed E-state index contributed by atoms with van der Waals surface area (Å²) in [6.45, 7) is 7.08. The Balaban J connectivity index is 1.46. The molecule has 0 aliphatic heterocycles. The molecule has 212 valence electrons. The number of hydrogen-bond acceptors (Lipinski definition) is 4. The molecule has 0 saturated heterocycles. The number of thiophene rings is 1. The monoisotopic (exact) mass is 608 g/mol. The molecule has 0 fully saturated rings. The van der Waals surface area contributed by atoms with Crippen molar-refractivity contribution in [2.45, 2.75) is 46.6 Å². The molecule has 0 saturated carbocycles. The number of halogens is 3. The molecule has 0 spiro atoms. The van der Waals surface area contributed by atoms with E-state index in [1.807, 2.05) is 0 Å². The van der Waals surface area contributed by atoms with Crippen LogP contribution in [-0.2, 0) is 19.4 Å². The first-order chi connectivity index (χ1) is 19.6. The maximum absolute atomic E-state index is 13.7. The number of carbonyl (C=O) groups is 1. The number of ether oxygens (including phenoxy) is 1. The fourth-order valence-electron chi connectivity index (χ4n) is 4.98. The molecule has 1 aromatic heterocycles. The second-order valence-corrected chi connectivity index (χ2v) is 13.3. The zero-order valence-electron chi connectivity index (χ0n) is 23.1. The Kier molecular flexibility index (Phi) is 8.83. The van der Waals surface area contributed by atoms with E-state index in [9.17, 15) is 9.18 Å². The second-order valence-electron chi connectivity index (χ2n) is 11.3. The van der Waals surface area contributed by atoms with Crippen molar-refractivity contribution in [1.82, 2.24) is 0 Å². The van der Waals surface area contributed by atoms with Crippen molar-refractivity contribution in [2.75, 3.05) is 5.32 Å². The average Bonchev–Trinajstić information content (AvgIpc) is 3.31. The Labute approximate surface area is 254 Å². The Morgan fingerprint density at radius 2 is 1.78 bits per heavy atom. The summed E-state index contributed by atoms with van der Waals surface area (Å²) in [5.41, 5.74) is 4.05. The number of amides is 1. The SMILES string of the molecule is CC(C)(C)[C@H]1CCc2c(sc(N=Cc3cc(Cl)ccc3OCc3ccc(F)cc3)c2C(=O)Nc2ccc(Cl)cc2)C1. The Bertz CT molecular complexity index is 1570. The zero-order valence-corrected chi connectivity index (χ0v) is 25.5. The van der Waals surface area contributed by atoms with Gasteiger partial charge >= 0.3 is 0 Å². The summed E-state index contributed by atoms with van der Waals surface area (Å²) in [5, 5.41) is 4.83. The third kappa shape index (κ3) is 7.18. The molecule has 1 heterocycles. The minimum Gasteiger partial charge on any atom is -0.488 e. The molecule has 4 aromatic rings. The lowest BCUT2D eigenvalue weighted by molar-refractivity contribution is 0.102. The lowest BCUT2D eigenvalue weighted by atomic mass is 9.72. The van der Waals surface area contributed by atoms with Gasteiger partial charge in [-0.05, 0) is 96.3 Å². The van der Waals surface area contributed by atoms with Crippen LogP contribution in [0.5, 0.6) is 5.75 Å². The number of carbonyl (C=O) groups excluding carboxylic acids is 1. The van der Waals surface area contributed by atoms with Crippen LogP contribution in [0.2, 0.25) is 10.0 Å². The summed E-state index contributed by atoms with van der Waals surface area (Å²) in [4.78, 5) is 19.7. The van der Waals surface area contributed by atoms with Crippen LogP contribution in [0, 0.1) is 17.2 Å². The van der Waals surface area contributed by atoms with Crippen LogP contribution < -0.4 is 10.1 Å². The summed E-state index contributed by atoms with van der Waals surface area (Å²) in [7, 11) is 0. The predicted molar refractivity (Wildman–Crippen MR) is 168 cm³/mol. The molecule has 1 amide bonds. The molecule has 0 bridgehead atoms. The predicted octanol–water partition coefficient (Wildman–Crippen LogP) is 9.93. The van der Waals surface area contributed by atoms with E-state index >= 15 is 0 Å². The Morgan fingerprint density at radius 3 is 2.49 bits per heavy atom. The molecule has 1 aliphatic carbocycles. The van der Waals surface area contributed by atoms with Crippen LogP contribution in [0.25, 0.3) is 0 Å². The first kappa shape index (κ1) is 29.3. The van der Waals surface area contributed by atoms with E-state index < -0.39 is 0 Å². The Morgan fingerprint density at radius 1 is 1.07 bits per heavy atom. The van der Waals surface area contributed by atoms with Crippen molar-refractivity contribution < 1.29 is 13.9 Å². The van der Waals surface area contributed by atoms with E-state index in [2.05, 4.69) is 26.1 Å². The third-order valence-corrected chi connectivity index (χ3v) is 9.05. The number of rotatable bonds is 7. The number of nitrogens with one attached hydrogen (secondary N) is 1. The first-order valence-electron chi connectivity index (χ1n) is 13.5. The van der Waals surface area contributed by atoms with E-state index in [1.165, 1.54) is 17.0 Å². The highest BCUT2D eigenvalue weighted by Crippen LogP contribution is 2.45. The Hall–Kier alpha value is -3.19. The summed E-state index contributed by atoms with van der Waals surface area (Å²) >= 11 is 13.9. The molecule has 3 aromatic carbocycles. The highest BCUT2D eigenvalue weighted by molar-refractivity contribution is 7.16. The smallest absolute Gasteiger partial charge is 0.259 e. The van der Waals surface area contributed by atoms with Crippen LogP contribution in [0.4, 0.5) is 15.1 Å². The van der Waals surface area contributed by atoms with Gasteiger partial charge in [0.15, 0.2) is 0 Å². The topological polar surface area (TPSA) is 50.7 Å². The summed E-state index contributed by atoms with van der Waals surface area (Å²) in [6.07, 6.45) is 4.47. The van der Waals surface area contributed by atoms with E-state index in [-0.39, 0.29) is 23.7 Å². The van der Waals surface area contributed by atoms with E-state index in [4.69, 9.17) is 32.9 Å². The lowest BCUT2D eigenvalue weighted by Crippen LogP contribution is -2.27. The molecule has 0 radical (unpaired) electrons. The number of fused-ring (bicyclic) bond motifs is 1. The molecule has 1 N–H and O–H groups in total. The summed E-state index contributed by atoms with van der Waals surface area (Å²) < 4.78 is 19.4. The molecule has 1 aliphatic rings. The minimum absolute atomic E-state index is 0.175. The van der Waals surface area contributed by atoms with Gasteiger partial charge in [0.1, 0.15) is 23.2 Å². The van der Waals surface area contributed by atoms with Gasteiger partial charge in [-0.3, -0.25) is 4.79 Å². The van der Waals surface area contributed by atoms with Gasteiger partial charge in [0.05, 0.1) is 5.56 Å². The van der Waals surface area contributed by atoms with Crippen molar-refractivity contribution in [2.24, 2.45) is 16.3 Å². The van der Waals surface area contributed by atoms with Crippen LogP contribution in [0.15, 0.2) is 71.7 Å². The van der Waals surface area contributed by atoms with Gasteiger partial charge in [-0.2, -0.15) is 0 Å². The zero-order chi connectivity index (χ0) is 29.1. The molecule has 4 nitrogen and oxygen atoms in total. The van der Waals surface area contributed by atoms with Gasteiger partial charge in [0.25, 0.3) is 5.91 Å². The van der Waals surface area contributed by atoms with Crippen LogP contribution in [-0.4, -0.2) is 12.1 Å². The van der Waals surface area contributed by atoms with Crippen molar-refractivity contribution >= 4 is 57.3 Å². The van der Waals surface area contributed by atoms with Gasteiger partial charge in [-0.25, -0.2) is 9.38 Å². The summed E-state index contributed by atoms with van der Waals surface area (Å²) in [6, 6.07) is 18.6. The summed E-state index contributed by atoms with van der Waals surface area (Å²) in [5.74, 6) is 0.627. The van der Waals surface area contributed by atoms with Gasteiger partial charge in [-0.1, -0.05) is 56.1 Å². The second kappa shape index (κ2) is 12.4. The standard InChI is InChI=1S/C33H31Cl2FN2O2S/c1-33(2,3)22-6-14-27-29(17-22)41-32(30(27)31(39)38-26-12-7-23(34)8-13-26)37-18-21-16-24(35)9-15-28(21)40-19-20-4-10-25(36)11-5-20/h4-5,7-13,15-16,18,22H,6,14,17,19H2,1-3H3,(H,38,39)/t22-/m0/s1. The van der Waals surface area contributed by atoms with E-state index in [0.29, 0.717) is 43.5 Å². The normalized spacial score (nSPS) is 15.1. The highest BCUT2D eigenvalue weighted by Gasteiger charge is 2.33. The van der Waals surface area contributed by atoms with E-state index in [0.717, 1.165) is 30.4 Å². The van der Waals surface area contributed by atoms with Gasteiger partial charge in [0, 0.05) is 32.4 Å². The maximum Gasteiger partial charge on any atom is 0.259 e. The maximum atomic E-state index is 13.7. The fraction of sp³-hybridized carbons (Fsp3) is 0.273. The van der Waals surface area contributed by atoms with Crippen molar-refractivity contribution in [3.63, 3.8) is 0 Å². The number of nitrogens with zero attached hydrogens (tertiary/aromatic N) is 1. The molecule has 41 heavy (non-hydrogen) atoms. The van der Waals surface area contributed by atoms with Crippen LogP contribution in [0.3, 0.4) is 0 Å². The lowest BCUT2D eigenvalue weighted by Gasteiger charge is -2.33. The van der Waals surface area contributed by atoms with Crippen LogP contribution >= 0.6 is 34.5 Å². The van der Waals surface area contributed by atoms with Gasteiger partial charge in [-0.15, -0.1) is 11.3 Å². The first-order valence-corrected chi connectivity index (χ1v) is 15.1. The highest BCUT2D eigenvalue weighted by atomic mass is 35.5. The fourth-order valence-corrected chi connectivity index (χ4v) is 6.56. The molecular formula is C33H31Cl2FN2O2S. The van der Waals surface area contributed by atoms with Gasteiger partial charge in [0.2, 0.25) is 0 Å². The average molecular weight is 610 g/mol. The number of benzene rings is 3. The molecule has 8 heteroatoms. The third-order valence-electron chi connectivity index (χ3n) is 7.40. The number of aliphatic imine (C=N–C) groups is 1. The molecule has 1 atom stereocenters. The molecular weight excluding hydrogens is 578 g/mol. The molecule has 0 unspecified atom stereocenters. The quantitative estimate of drug-likeness (QED) is 0.212. The van der Waals surface area contributed by atoms with E-state index in [1.54, 1.807) is 72.1 Å². The molecule has 5 rings (SSSR count).